The van der Waals surface area contributed by atoms with Crippen LogP contribution in [0.15, 0.2) is 48.5 Å². The van der Waals surface area contributed by atoms with Gasteiger partial charge in [-0.05, 0) is 42.9 Å². The van der Waals surface area contributed by atoms with Crippen molar-refractivity contribution in [3.8, 4) is 16.9 Å². The number of thiocarbonyl (C=S) groups is 1. The number of esters is 1. The van der Waals surface area contributed by atoms with Gasteiger partial charge >= 0.3 is 5.97 Å². The monoisotopic (exact) mass is 432 g/mol. The highest BCUT2D eigenvalue weighted by molar-refractivity contribution is 7.80. The van der Waals surface area contributed by atoms with Gasteiger partial charge in [0.25, 0.3) is 0 Å². The van der Waals surface area contributed by atoms with E-state index in [2.05, 4.69) is 10.6 Å². The summed E-state index contributed by atoms with van der Waals surface area (Å²) in [5, 5.41) is 17.1. The zero-order chi connectivity index (χ0) is 20.3. The first-order valence-corrected chi connectivity index (χ1v) is 9.84. The van der Waals surface area contributed by atoms with Crippen molar-refractivity contribution in [1.29, 1.82) is 0 Å². The van der Waals surface area contributed by atoms with Crippen molar-refractivity contribution in [3.05, 3.63) is 64.0 Å². The fourth-order valence-electron chi connectivity index (χ4n) is 2.75. The Labute approximate surface area is 176 Å². The third-order valence-electron chi connectivity index (χ3n) is 3.97. The summed E-state index contributed by atoms with van der Waals surface area (Å²) in [7, 11) is 1.34. The van der Waals surface area contributed by atoms with Crippen LogP contribution in [0.5, 0.6) is 5.75 Å². The predicted molar refractivity (Wildman–Crippen MR) is 119 cm³/mol. The first-order valence-electron chi connectivity index (χ1n) is 8.24. The molecule has 0 bridgehead atoms. The Kier molecular flexibility index (Phi) is 6.18. The van der Waals surface area contributed by atoms with Crippen LogP contribution >= 0.6 is 35.2 Å². The van der Waals surface area contributed by atoms with Gasteiger partial charge in [0, 0.05) is 15.5 Å². The van der Waals surface area contributed by atoms with E-state index in [9.17, 15) is 9.90 Å². The van der Waals surface area contributed by atoms with Crippen molar-refractivity contribution in [2.45, 2.75) is 6.92 Å². The number of anilines is 2. The molecule has 144 valence electrons. The first kappa shape index (κ1) is 20.1. The van der Waals surface area contributed by atoms with Gasteiger partial charge in [0.15, 0.2) is 5.11 Å². The molecule has 0 saturated carbocycles. The molecule has 1 aromatic heterocycles. The van der Waals surface area contributed by atoms with E-state index in [0.717, 1.165) is 16.0 Å². The molecule has 28 heavy (non-hydrogen) atoms. The summed E-state index contributed by atoms with van der Waals surface area (Å²) < 4.78 is 4.99. The number of carbonyl (C=O) groups is 1. The van der Waals surface area contributed by atoms with Crippen LogP contribution in [-0.2, 0) is 4.74 Å². The number of aromatic hydroxyl groups is 1. The number of benzene rings is 2. The maximum absolute atomic E-state index is 12.5. The number of nitrogens with one attached hydrogen (secondary N) is 2. The van der Waals surface area contributed by atoms with Gasteiger partial charge in [-0.1, -0.05) is 41.9 Å². The second kappa shape index (κ2) is 8.60. The van der Waals surface area contributed by atoms with Crippen molar-refractivity contribution >= 4 is 56.9 Å². The number of phenolic OH excluding ortho intramolecular Hbond substituents is 1. The minimum absolute atomic E-state index is 0.00840. The van der Waals surface area contributed by atoms with Crippen LogP contribution in [0.3, 0.4) is 0 Å². The molecule has 8 heteroatoms. The van der Waals surface area contributed by atoms with E-state index in [4.69, 9.17) is 28.6 Å². The number of aryl methyl sites for hydroxylation is 1. The quantitative estimate of drug-likeness (QED) is 0.280. The molecule has 0 aliphatic heterocycles. The maximum atomic E-state index is 12.5. The van der Waals surface area contributed by atoms with Crippen LogP contribution in [0.25, 0.3) is 11.1 Å². The smallest absolute Gasteiger partial charge is 0.341 e. The molecule has 0 aliphatic rings. The lowest BCUT2D eigenvalue weighted by molar-refractivity contribution is 0.0603. The lowest BCUT2D eigenvalue weighted by Gasteiger charge is -2.12. The van der Waals surface area contributed by atoms with Crippen molar-refractivity contribution in [2.75, 3.05) is 17.7 Å². The molecule has 2 aromatic carbocycles. The Bertz CT molecular complexity index is 1040. The third-order valence-corrected chi connectivity index (χ3v) is 5.43. The van der Waals surface area contributed by atoms with Crippen LogP contribution in [0.1, 0.15) is 15.2 Å². The fourth-order valence-corrected chi connectivity index (χ4v) is 4.26. The molecule has 0 amide bonds. The van der Waals surface area contributed by atoms with Gasteiger partial charge in [-0.3, -0.25) is 0 Å². The van der Waals surface area contributed by atoms with Gasteiger partial charge < -0.3 is 20.5 Å². The molecular weight excluding hydrogens is 416 g/mol. The molecule has 0 aliphatic carbocycles. The van der Waals surface area contributed by atoms with Gasteiger partial charge in [-0.25, -0.2) is 4.79 Å². The number of hydrogen-bond acceptors (Lipinski definition) is 5. The molecular formula is C20H17ClN2O3S2. The molecule has 3 rings (SSSR count). The van der Waals surface area contributed by atoms with Gasteiger partial charge in [-0.15, -0.1) is 11.3 Å². The average Bonchev–Trinajstić information content (AvgIpc) is 3.00. The molecule has 3 N–H and O–H groups in total. The largest absolute Gasteiger partial charge is 0.506 e. The minimum atomic E-state index is -0.459. The summed E-state index contributed by atoms with van der Waals surface area (Å²) in [6.45, 7) is 1.93. The standard InChI is InChI=1S/C20H17ClN2O3S2/c1-11-16(12-6-4-3-5-7-12)17(19(25)26-2)18(28-11)23-20(27)22-14-10-13(21)8-9-15(14)24/h3-10,24H,1-2H3,(H2,22,23,27). The fraction of sp³-hybridized carbons (Fsp3) is 0.100. The van der Waals surface area contributed by atoms with E-state index >= 15 is 0 Å². The number of ether oxygens (including phenoxy) is 1. The predicted octanol–water partition coefficient (Wildman–Crippen LogP) is 5.68. The van der Waals surface area contributed by atoms with Gasteiger partial charge in [0.1, 0.15) is 16.3 Å². The van der Waals surface area contributed by atoms with E-state index in [-0.39, 0.29) is 10.9 Å². The zero-order valence-corrected chi connectivity index (χ0v) is 17.5. The van der Waals surface area contributed by atoms with E-state index < -0.39 is 5.97 Å². The van der Waals surface area contributed by atoms with Crippen LogP contribution in [0, 0.1) is 6.92 Å². The number of halogens is 1. The molecule has 0 radical (unpaired) electrons. The SMILES string of the molecule is COC(=O)c1c(NC(=S)Nc2cc(Cl)ccc2O)sc(C)c1-c1ccccc1. The number of thiophene rings is 1. The molecule has 0 saturated heterocycles. The minimum Gasteiger partial charge on any atom is -0.506 e. The van der Waals surface area contributed by atoms with Crippen molar-refractivity contribution in [2.24, 2.45) is 0 Å². The summed E-state index contributed by atoms with van der Waals surface area (Å²) >= 11 is 12.7. The number of hydrogen-bond donors (Lipinski definition) is 3. The van der Waals surface area contributed by atoms with Crippen molar-refractivity contribution in [3.63, 3.8) is 0 Å². The highest BCUT2D eigenvalue weighted by Crippen LogP contribution is 2.40. The Morgan fingerprint density at radius 1 is 1.18 bits per heavy atom. The van der Waals surface area contributed by atoms with Crippen LogP contribution < -0.4 is 10.6 Å². The molecule has 0 spiro atoms. The molecule has 0 unspecified atom stereocenters. The number of carbonyl (C=O) groups excluding carboxylic acids is 1. The summed E-state index contributed by atoms with van der Waals surface area (Å²) in [6, 6.07) is 14.2. The zero-order valence-electron chi connectivity index (χ0n) is 15.1. The third kappa shape index (κ3) is 4.27. The second-order valence-electron chi connectivity index (χ2n) is 5.84. The molecule has 1 heterocycles. The molecule has 5 nitrogen and oxygen atoms in total. The Balaban J connectivity index is 1.94. The Morgan fingerprint density at radius 2 is 1.89 bits per heavy atom. The molecule has 0 atom stereocenters. The number of rotatable bonds is 4. The molecule has 3 aromatic rings. The maximum Gasteiger partial charge on any atom is 0.341 e. The number of phenols is 1. The van der Waals surface area contributed by atoms with Gasteiger partial charge in [0.2, 0.25) is 0 Å². The highest BCUT2D eigenvalue weighted by Gasteiger charge is 2.24. The first-order chi connectivity index (χ1) is 13.4. The van der Waals surface area contributed by atoms with E-state index in [1.807, 2.05) is 37.3 Å². The summed E-state index contributed by atoms with van der Waals surface area (Å²) in [4.78, 5) is 13.5. The second-order valence-corrected chi connectivity index (χ2v) is 7.91. The van der Waals surface area contributed by atoms with Crippen LogP contribution in [0.2, 0.25) is 5.02 Å². The van der Waals surface area contributed by atoms with E-state index in [0.29, 0.717) is 21.3 Å². The van der Waals surface area contributed by atoms with E-state index in [1.54, 1.807) is 12.1 Å². The average molecular weight is 433 g/mol. The van der Waals surface area contributed by atoms with Crippen LogP contribution in [-0.4, -0.2) is 23.3 Å². The molecule has 0 fully saturated rings. The summed E-state index contributed by atoms with van der Waals surface area (Å²) in [6.07, 6.45) is 0. The summed E-state index contributed by atoms with van der Waals surface area (Å²) in [5.74, 6) is -0.451. The summed E-state index contributed by atoms with van der Waals surface area (Å²) in [5.41, 5.74) is 2.49. The van der Waals surface area contributed by atoms with Crippen molar-refractivity contribution in [1.82, 2.24) is 0 Å². The lowest BCUT2D eigenvalue weighted by atomic mass is 10.0. The van der Waals surface area contributed by atoms with Crippen LogP contribution in [0.4, 0.5) is 10.7 Å². The number of methoxy groups -OCH3 is 1. The van der Waals surface area contributed by atoms with Gasteiger partial charge in [-0.2, -0.15) is 0 Å². The van der Waals surface area contributed by atoms with Gasteiger partial charge in [0.05, 0.1) is 12.8 Å². The van der Waals surface area contributed by atoms with E-state index in [1.165, 1.54) is 24.5 Å². The normalized spacial score (nSPS) is 10.4. The lowest BCUT2D eigenvalue weighted by Crippen LogP contribution is -2.20. The topological polar surface area (TPSA) is 70.6 Å². The van der Waals surface area contributed by atoms with Crippen molar-refractivity contribution < 1.29 is 14.6 Å². The Morgan fingerprint density at radius 3 is 2.57 bits per heavy atom. The Hall–Kier alpha value is -2.61. The highest BCUT2D eigenvalue weighted by atomic mass is 35.5.